The van der Waals surface area contributed by atoms with E-state index in [1.807, 2.05) is 0 Å². The number of ether oxygens (including phenoxy) is 1. The van der Waals surface area contributed by atoms with Crippen LogP contribution in [0.3, 0.4) is 0 Å². The van der Waals surface area contributed by atoms with Crippen molar-refractivity contribution in [2.45, 2.75) is 31.8 Å². The van der Waals surface area contributed by atoms with Crippen LogP contribution in [0.2, 0.25) is 0 Å². The Bertz CT molecular complexity index is 112. The second kappa shape index (κ2) is 6.28. The molecule has 0 radical (unpaired) electrons. The summed E-state index contributed by atoms with van der Waals surface area (Å²) in [5.74, 6) is 0. The molecule has 0 N–H and O–H groups in total. The summed E-state index contributed by atoms with van der Waals surface area (Å²) in [7, 11) is 0. The van der Waals surface area contributed by atoms with Crippen LogP contribution in [0.4, 0.5) is 0 Å². The molecule has 1 fully saturated rings. The van der Waals surface area contributed by atoms with Crippen molar-refractivity contribution in [1.29, 1.82) is 0 Å². The molecule has 4 heteroatoms. The molecule has 0 bridgehead atoms. The van der Waals surface area contributed by atoms with Crippen LogP contribution in [-0.4, -0.2) is 10.5 Å². The smallest absolute Gasteiger partial charge is 0.510 e. The maximum atomic E-state index is 5.16. The molecule has 0 aliphatic heterocycles. The Morgan fingerprint density at radius 1 is 1.40 bits per heavy atom. The SMILES string of the molecule is S=C([S-])OC1CCCC1.[K+]. The van der Waals surface area contributed by atoms with Gasteiger partial charge in [0.15, 0.2) is 0 Å². The van der Waals surface area contributed by atoms with E-state index in [1.54, 1.807) is 0 Å². The molecule has 1 aliphatic carbocycles. The van der Waals surface area contributed by atoms with Crippen molar-refractivity contribution >= 4 is 29.2 Å². The van der Waals surface area contributed by atoms with Gasteiger partial charge in [0.2, 0.25) is 0 Å². The summed E-state index contributed by atoms with van der Waals surface area (Å²) in [5.41, 5.74) is 0. The first-order valence-corrected chi connectivity index (χ1v) is 3.98. The van der Waals surface area contributed by atoms with Gasteiger partial charge >= 0.3 is 51.4 Å². The third-order valence-electron chi connectivity index (χ3n) is 1.57. The average molecular weight is 200 g/mol. The van der Waals surface area contributed by atoms with Crippen LogP contribution >= 0.6 is 12.2 Å². The van der Waals surface area contributed by atoms with Crippen molar-refractivity contribution in [2.24, 2.45) is 0 Å². The number of thiocarbonyl (C=S) groups is 1. The first-order valence-electron chi connectivity index (χ1n) is 3.16. The quantitative estimate of drug-likeness (QED) is 0.298. The minimum Gasteiger partial charge on any atom is -0.510 e. The summed E-state index contributed by atoms with van der Waals surface area (Å²) in [6.45, 7) is 0. The molecule has 1 rings (SSSR count). The zero-order valence-electron chi connectivity index (χ0n) is 6.13. The van der Waals surface area contributed by atoms with E-state index >= 15 is 0 Å². The monoisotopic (exact) mass is 200 g/mol. The van der Waals surface area contributed by atoms with Gasteiger partial charge in [-0.3, -0.25) is 0 Å². The van der Waals surface area contributed by atoms with Crippen LogP contribution in [0.1, 0.15) is 25.7 Å². The molecule has 0 unspecified atom stereocenters. The Balaban J connectivity index is 0.000000810. The molecule has 0 saturated heterocycles. The zero-order valence-corrected chi connectivity index (χ0v) is 10.9. The Labute approximate surface area is 115 Å². The fourth-order valence-electron chi connectivity index (χ4n) is 1.14. The van der Waals surface area contributed by atoms with Crippen molar-refractivity contribution in [3.8, 4) is 0 Å². The number of hydrogen-bond donors (Lipinski definition) is 0. The summed E-state index contributed by atoms with van der Waals surface area (Å²) in [5, 5.41) is 0. The van der Waals surface area contributed by atoms with E-state index in [2.05, 4.69) is 24.8 Å². The maximum Gasteiger partial charge on any atom is 1.00 e. The van der Waals surface area contributed by atoms with Crippen molar-refractivity contribution in [2.75, 3.05) is 0 Å². The summed E-state index contributed by atoms with van der Waals surface area (Å²) >= 11 is 9.25. The molecule has 0 aromatic rings. The average Bonchev–Trinajstić information content (AvgIpc) is 2.15. The topological polar surface area (TPSA) is 9.23 Å². The van der Waals surface area contributed by atoms with E-state index in [4.69, 9.17) is 4.74 Å². The fraction of sp³-hybridized carbons (Fsp3) is 0.833. The summed E-state index contributed by atoms with van der Waals surface area (Å²) < 4.78 is 5.44. The molecule has 1 aliphatic rings. The van der Waals surface area contributed by atoms with E-state index in [0.29, 0.717) is 6.10 Å². The van der Waals surface area contributed by atoms with Gasteiger partial charge in [-0.15, -0.1) is 0 Å². The second-order valence-corrected chi connectivity index (χ2v) is 3.27. The van der Waals surface area contributed by atoms with Crippen LogP contribution in [0, 0.1) is 0 Å². The molecule has 1 nitrogen and oxygen atoms in total. The molecule has 1 saturated carbocycles. The first kappa shape index (κ1) is 11.7. The summed E-state index contributed by atoms with van der Waals surface area (Å²) in [6.07, 6.45) is 5.15. The number of rotatable bonds is 1. The standard InChI is InChI=1S/C6H10OS2.K/c8-6(9)7-5-3-1-2-4-5;/h5H,1-4H2,(H,8,9);/q;+1/p-1. The van der Waals surface area contributed by atoms with E-state index in [-0.39, 0.29) is 55.8 Å². The van der Waals surface area contributed by atoms with Crippen molar-refractivity contribution in [1.82, 2.24) is 0 Å². The second-order valence-electron chi connectivity index (χ2n) is 2.27. The minimum absolute atomic E-state index is 0. The van der Waals surface area contributed by atoms with Gasteiger partial charge in [0.05, 0.1) is 6.10 Å². The van der Waals surface area contributed by atoms with Gasteiger partial charge in [-0.05, 0) is 25.7 Å². The van der Waals surface area contributed by atoms with Crippen LogP contribution in [0.15, 0.2) is 0 Å². The van der Waals surface area contributed by atoms with Gasteiger partial charge in [0.1, 0.15) is 0 Å². The van der Waals surface area contributed by atoms with Gasteiger partial charge in [-0.2, -0.15) is 0 Å². The summed E-state index contributed by atoms with van der Waals surface area (Å²) in [4.78, 5) is 0. The van der Waals surface area contributed by atoms with Gasteiger partial charge < -0.3 is 29.6 Å². The molecule has 0 aromatic carbocycles. The Morgan fingerprint density at radius 2 is 1.90 bits per heavy atom. The van der Waals surface area contributed by atoms with Gasteiger partial charge in [0.25, 0.3) is 0 Å². The molecule has 0 aromatic heterocycles. The molecule has 0 heterocycles. The molecular weight excluding hydrogens is 191 g/mol. The van der Waals surface area contributed by atoms with Gasteiger partial charge in [0, 0.05) is 4.38 Å². The van der Waals surface area contributed by atoms with E-state index in [0.717, 1.165) is 12.8 Å². The molecule has 0 atom stereocenters. The third-order valence-corrected chi connectivity index (χ3v) is 1.76. The molecule has 0 amide bonds. The van der Waals surface area contributed by atoms with Crippen molar-refractivity contribution < 1.29 is 56.1 Å². The van der Waals surface area contributed by atoms with Crippen LogP contribution in [0.25, 0.3) is 0 Å². The minimum atomic E-state index is 0. The Morgan fingerprint density at radius 3 is 2.30 bits per heavy atom. The molecular formula is C6H9KOS2. The Hall–Kier alpha value is 1.75. The predicted molar refractivity (Wildman–Crippen MR) is 43.3 cm³/mol. The molecule has 52 valence electrons. The zero-order chi connectivity index (χ0) is 6.69. The van der Waals surface area contributed by atoms with E-state index < -0.39 is 0 Å². The first-order chi connectivity index (χ1) is 4.29. The van der Waals surface area contributed by atoms with Crippen molar-refractivity contribution in [3.63, 3.8) is 0 Å². The van der Waals surface area contributed by atoms with E-state index in [9.17, 15) is 0 Å². The van der Waals surface area contributed by atoms with E-state index in [1.165, 1.54) is 12.8 Å². The summed E-state index contributed by atoms with van der Waals surface area (Å²) in [6, 6.07) is 0. The van der Waals surface area contributed by atoms with Crippen LogP contribution < -0.4 is 51.4 Å². The number of hydrogen-bond acceptors (Lipinski definition) is 3. The van der Waals surface area contributed by atoms with Crippen molar-refractivity contribution in [3.05, 3.63) is 0 Å². The third kappa shape index (κ3) is 4.59. The van der Waals surface area contributed by atoms with Gasteiger partial charge in [-0.25, -0.2) is 0 Å². The fourth-order valence-corrected chi connectivity index (χ4v) is 1.41. The van der Waals surface area contributed by atoms with Gasteiger partial charge in [-0.1, -0.05) is 0 Å². The van der Waals surface area contributed by atoms with Crippen LogP contribution in [-0.2, 0) is 17.4 Å². The molecule has 0 spiro atoms. The van der Waals surface area contributed by atoms with Crippen LogP contribution in [0.5, 0.6) is 0 Å². The normalized spacial score (nSPS) is 18.0. The Kier molecular flexibility index (Phi) is 7.38. The predicted octanol–water partition coefficient (Wildman–Crippen LogP) is -1.22. The molecule has 10 heavy (non-hydrogen) atoms. The maximum absolute atomic E-state index is 5.16. The largest absolute Gasteiger partial charge is 1.00 e.